The first-order valence-electron chi connectivity index (χ1n) is 12.6. The second-order valence-electron chi connectivity index (χ2n) is 9.33. The van der Waals surface area contributed by atoms with Crippen LogP contribution < -0.4 is 11.1 Å². The van der Waals surface area contributed by atoms with Crippen LogP contribution in [0.4, 0.5) is 0 Å². The molecule has 4 rings (SSSR count). The van der Waals surface area contributed by atoms with E-state index in [0.717, 1.165) is 10.6 Å². The average Bonchev–Trinajstić information content (AvgIpc) is 3.01. The Morgan fingerprint density at radius 2 is 1.30 bits per heavy atom. The first-order valence-corrected chi connectivity index (χ1v) is 13.0. The summed E-state index contributed by atoms with van der Waals surface area (Å²) in [6.07, 6.45) is 10.8. The maximum atomic E-state index is 6.82. The van der Waals surface area contributed by atoms with Crippen molar-refractivity contribution in [3.05, 3.63) is 106 Å². The quantitative estimate of drug-likeness (QED) is 0.360. The van der Waals surface area contributed by atoms with Gasteiger partial charge in [0.25, 0.3) is 0 Å². The van der Waals surface area contributed by atoms with Crippen molar-refractivity contribution in [1.29, 1.82) is 0 Å². The van der Waals surface area contributed by atoms with Gasteiger partial charge in [-0.05, 0) is 47.1 Å². The SMILES string of the molecule is NCCNC(c1ccccc1)(c1ccc(C2CCCCCCCC2)cc1)c1ccccc1Cl. The number of benzene rings is 3. The molecule has 0 amide bonds. The second-order valence-corrected chi connectivity index (χ2v) is 9.74. The van der Waals surface area contributed by atoms with Gasteiger partial charge in [-0.15, -0.1) is 0 Å². The number of halogens is 1. The first-order chi connectivity index (χ1) is 16.3. The van der Waals surface area contributed by atoms with Crippen LogP contribution in [-0.2, 0) is 5.54 Å². The van der Waals surface area contributed by atoms with Gasteiger partial charge in [-0.3, -0.25) is 5.32 Å². The van der Waals surface area contributed by atoms with Gasteiger partial charge >= 0.3 is 0 Å². The average molecular weight is 461 g/mol. The van der Waals surface area contributed by atoms with Crippen molar-refractivity contribution in [2.45, 2.75) is 62.8 Å². The molecule has 2 nitrogen and oxygen atoms in total. The van der Waals surface area contributed by atoms with Gasteiger partial charge in [-0.1, -0.05) is 123 Å². The van der Waals surface area contributed by atoms with E-state index in [0.29, 0.717) is 19.0 Å². The normalized spacial score (nSPS) is 17.5. The second kappa shape index (κ2) is 11.8. The summed E-state index contributed by atoms with van der Waals surface area (Å²) >= 11 is 6.82. The fraction of sp³-hybridized carbons (Fsp3) is 0.400. The number of nitrogens with one attached hydrogen (secondary N) is 1. The zero-order valence-corrected chi connectivity index (χ0v) is 20.4. The van der Waals surface area contributed by atoms with Gasteiger partial charge in [0.1, 0.15) is 0 Å². The molecule has 3 heteroatoms. The summed E-state index contributed by atoms with van der Waals surface area (Å²) in [4.78, 5) is 0. The summed E-state index contributed by atoms with van der Waals surface area (Å²) in [7, 11) is 0. The van der Waals surface area contributed by atoms with Crippen molar-refractivity contribution in [3.63, 3.8) is 0 Å². The van der Waals surface area contributed by atoms with Crippen LogP contribution in [0, 0.1) is 0 Å². The molecule has 1 aliphatic carbocycles. The van der Waals surface area contributed by atoms with E-state index in [4.69, 9.17) is 17.3 Å². The summed E-state index contributed by atoms with van der Waals surface area (Å²) in [5, 5.41) is 4.54. The zero-order valence-electron chi connectivity index (χ0n) is 19.6. The van der Waals surface area contributed by atoms with E-state index in [1.807, 2.05) is 12.1 Å². The molecule has 174 valence electrons. The van der Waals surface area contributed by atoms with E-state index < -0.39 is 5.54 Å². The van der Waals surface area contributed by atoms with Gasteiger partial charge < -0.3 is 5.73 Å². The van der Waals surface area contributed by atoms with E-state index in [9.17, 15) is 0 Å². The van der Waals surface area contributed by atoms with Crippen molar-refractivity contribution in [3.8, 4) is 0 Å². The minimum atomic E-state index is -0.560. The molecule has 0 aromatic heterocycles. The van der Waals surface area contributed by atoms with Crippen molar-refractivity contribution >= 4 is 11.6 Å². The van der Waals surface area contributed by atoms with E-state index in [-0.39, 0.29) is 0 Å². The highest BCUT2D eigenvalue weighted by Crippen LogP contribution is 2.41. The van der Waals surface area contributed by atoms with Crippen molar-refractivity contribution < 1.29 is 0 Å². The summed E-state index contributed by atoms with van der Waals surface area (Å²) in [6, 6.07) is 28.1. The molecule has 33 heavy (non-hydrogen) atoms. The van der Waals surface area contributed by atoms with Gasteiger partial charge in [0.15, 0.2) is 0 Å². The van der Waals surface area contributed by atoms with Crippen LogP contribution in [0.5, 0.6) is 0 Å². The molecular weight excluding hydrogens is 424 g/mol. The molecule has 0 radical (unpaired) electrons. The molecule has 0 aliphatic heterocycles. The highest BCUT2D eigenvalue weighted by Gasteiger charge is 2.37. The molecule has 3 N–H and O–H groups in total. The molecule has 3 aromatic carbocycles. The molecule has 1 saturated carbocycles. The van der Waals surface area contributed by atoms with Crippen LogP contribution in [0.2, 0.25) is 5.02 Å². The lowest BCUT2D eigenvalue weighted by Crippen LogP contribution is -2.46. The topological polar surface area (TPSA) is 38.0 Å². The van der Waals surface area contributed by atoms with E-state index in [1.54, 1.807) is 0 Å². The Labute approximate surface area is 204 Å². The predicted molar refractivity (Wildman–Crippen MR) is 141 cm³/mol. The number of hydrogen-bond donors (Lipinski definition) is 2. The van der Waals surface area contributed by atoms with Crippen molar-refractivity contribution in [1.82, 2.24) is 5.32 Å². The minimum Gasteiger partial charge on any atom is -0.329 e. The van der Waals surface area contributed by atoms with Gasteiger partial charge in [-0.25, -0.2) is 0 Å². The lowest BCUT2D eigenvalue weighted by atomic mass is 9.76. The van der Waals surface area contributed by atoms with E-state index in [2.05, 4.69) is 72.0 Å². The highest BCUT2D eigenvalue weighted by molar-refractivity contribution is 6.31. The molecule has 1 fully saturated rings. The lowest BCUT2D eigenvalue weighted by molar-refractivity contribution is 0.479. The van der Waals surface area contributed by atoms with Gasteiger partial charge in [-0.2, -0.15) is 0 Å². The Morgan fingerprint density at radius 1 is 0.727 bits per heavy atom. The fourth-order valence-electron chi connectivity index (χ4n) is 5.46. The largest absolute Gasteiger partial charge is 0.329 e. The van der Waals surface area contributed by atoms with E-state index >= 15 is 0 Å². The summed E-state index contributed by atoms with van der Waals surface area (Å²) in [5.74, 6) is 0.667. The van der Waals surface area contributed by atoms with Crippen LogP contribution in [0.3, 0.4) is 0 Å². The van der Waals surface area contributed by atoms with Crippen LogP contribution in [-0.4, -0.2) is 13.1 Å². The fourth-order valence-corrected chi connectivity index (χ4v) is 5.74. The molecule has 3 aromatic rings. The van der Waals surface area contributed by atoms with Crippen molar-refractivity contribution in [2.24, 2.45) is 5.73 Å². The van der Waals surface area contributed by atoms with Crippen LogP contribution in [0.25, 0.3) is 0 Å². The summed E-state index contributed by atoms with van der Waals surface area (Å²) in [6.45, 7) is 1.24. The Bertz CT molecular complexity index is 976. The molecule has 0 heterocycles. The summed E-state index contributed by atoms with van der Waals surface area (Å²) < 4.78 is 0. The molecule has 0 bridgehead atoms. The number of hydrogen-bond acceptors (Lipinski definition) is 2. The third kappa shape index (κ3) is 5.51. The number of nitrogens with two attached hydrogens (primary N) is 1. The van der Waals surface area contributed by atoms with Crippen molar-refractivity contribution in [2.75, 3.05) is 13.1 Å². The zero-order chi connectivity index (χ0) is 22.9. The highest BCUT2D eigenvalue weighted by atomic mass is 35.5. The Kier molecular flexibility index (Phi) is 8.61. The Balaban J connectivity index is 1.78. The molecule has 1 unspecified atom stereocenters. The van der Waals surface area contributed by atoms with Gasteiger partial charge in [0.2, 0.25) is 0 Å². The molecule has 1 aliphatic rings. The van der Waals surface area contributed by atoms with Crippen LogP contribution in [0.15, 0.2) is 78.9 Å². The minimum absolute atomic E-state index is 0.555. The van der Waals surface area contributed by atoms with Crippen LogP contribution >= 0.6 is 11.6 Å². The van der Waals surface area contributed by atoms with E-state index in [1.165, 1.54) is 68.1 Å². The Hall–Kier alpha value is -2.13. The number of rotatable bonds is 7. The maximum absolute atomic E-state index is 6.82. The molecule has 0 spiro atoms. The standard InChI is InChI=1S/C30H37ClN2/c31-29-17-11-10-16-28(29)30(33-23-22-32,26-14-8-5-9-15-26)27-20-18-25(19-21-27)24-12-6-3-1-2-4-7-13-24/h5,8-11,14-21,24,33H,1-4,6-7,12-13,22-23,32H2. The third-order valence-corrected chi connectivity index (χ3v) is 7.52. The monoisotopic (exact) mass is 460 g/mol. The first kappa shape index (κ1) is 24.0. The van der Waals surface area contributed by atoms with Gasteiger partial charge in [0, 0.05) is 18.1 Å². The predicted octanol–water partition coefficient (Wildman–Crippen LogP) is 7.40. The Morgan fingerprint density at radius 3 is 1.94 bits per heavy atom. The molecular formula is C30H37ClN2. The van der Waals surface area contributed by atoms with Crippen LogP contribution in [0.1, 0.15) is 79.5 Å². The smallest absolute Gasteiger partial charge is 0.0962 e. The van der Waals surface area contributed by atoms with Gasteiger partial charge in [0.05, 0.1) is 5.54 Å². The summed E-state index contributed by atoms with van der Waals surface area (Å²) in [5.41, 5.74) is 10.3. The maximum Gasteiger partial charge on any atom is 0.0962 e. The molecule has 0 saturated heterocycles. The third-order valence-electron chi connectivity index (χ3n) is 7.19. The molecule has 1 atom stereocenters. The lowest BCUT2D eigenvalue weighted by Gasteiger charge is -2.38.